The van der Waals surface area contributed by atoms with E-state index in [-0.39, 0.29) is 6.10 Å². The molecule has 3 atom stereocenters. The van der Waals surface area contributed by atoms with Gasteiger partial charge in [0.25, 0.3) is 0 Å². The Balaban J connectivity index is 1.83. The summed E-state index contributed by atoms with van der Waals surface area (Å²) in [6.07, 6.45) is 4.08. The summed E-state index contributed by atoms with van der Waals surface area (Å²) in [5.74, 6) is 2.08. The molecule has 3 heteroatoms. The van der Waals surface area contributed by atoms with Crippen molar-refractivity contribution in [2.24, 2.45) is 18.9 Å². The molecule has 2 aromatic rings. The lowest BCUT2D eigenvalue weighted by Gasteiger charge is -2.21. The van der Waals surface area contributed by atoms with E-state index < -0.39 is 0 Å². The van der Waals surface area contributed by atoms with Gasteiger partial charge in [0.15, 0.2) is 0 Å². The van der Waals surface area contributed by atoms with Gasteiger partial charge >= 0.3 is 0 Å². The lowest BCUT2D eigenvalue weighted by atomic mass is 9.90. The summed E-state index contributed by atoms with van der Waals surface area (Å²) in [5, 5.41) is 10.5. The van der Waals surface area contributed by atoms with E-state index >= 15 is 0 Å². The minimum absolute atomic E-state index is 0.256. The molecule has 3 unspecified atom stereocenters. The average Bonchev–Trinajstić information content (AvgIpc) is 2.95. The van der Waals surface area contributed by atoms with Gasteiger partial charge in [-0.3, -0.25) is 0 Å². The lowest BCUT2D eigenvalue weighted by Crippen LogP contribution is -2.26. The third-order valence-electron chi connectivity index (χ3n) is 4.69. The molecule has 3 rings (SSSR count). The lowest BCUT2D eigenvalue weighted by molar-refractivity contribution is 0.0878. The molecular weight excluding hydrogens is 236 g/mol. The molecule has 0 amide bonds. The van der Waals surface area contributed by atoms with Crippen LogP contribution in [-0.2, 0) is 13.5 Å². The van der Waals surface area contributed by atoms with Crippen molar-refractivity contribution in [3.63, 3.8) is 0 Å². The van der Waals surface area contributed by atoms with E-state index in [1.54, 1.807) is 0 Å². The molecule has 0 aliphatic heterocycles. The highest BCUT2D eigenvalue weighted by Crippen LogP contribution is 2.34. The fourth-order valence-corrected chi connectivity index (χ4v) is 3.46. The number of fused-ring (bicyclic) bond motifs is 1. The van der Waals surface area contributed by atoms with Gasteiger partial charge < -0.3 is 9.67 Å². The van der Waals surface area contributed by atoms with Gasteiger partial charge in [0.1, 0.15) is 5.82 Å². The first-order chi connectivity index (χ1) is 9.16. The summed E-state index contributed by atoms with van der Waals surface area (Å²) in [6.45, 7) is 2.26. The van der Waals surface area contributed by atoms with Crippen LogP contribution < -0.4 is 0 Å². The largest absolute Gasteiger partial charge is 0.392 e. The van der Waals surface area contributed by atoms with Crippen LogP contribution in [0.25, 0.3) is 11.0 Å². The molecule has 1 saturated carbocycles. The second-order valence-corrected chi connectivity index (χ2v) is 5.92. The van der Waals surface area contributed by atoms with E-state index in [2.05, 4.69) is 22.5 Å². The highest BCUT2D eigenvalue weighted by molar-refractivity contribution is 5.75. The van der Waals surface area contributed by atoms with E-state index in [1.807, 2.05) is 25.2 Å². The molecule has 1 aromatic heterocycles. The average molecular weight is 258 g/mol. The van der Waals surface area contributed by atoms with Crippen LogP contribution in [0.1, 0.15) is 32.0 Å². The van der Waals surface area contributed by atoms with Crippen LogP contribution in [-0.4, -0.2) is 20.8 Å². The number of aliphatic hydroxyl groups is 1. The summed E-state index contributed by atoms with van der Waals surface area (Å²) in [6, 6.07) is 8.15. The van der Waals surface area contributed by atoms with Crippen molar-refractivity contribution >= 4 is 11.0 Å². The zero-order chi connectivity index (χ0) is 13.4. The van der Waals surface area contributed by atoms with Crippen LogP contribution in [0.5, 0.6) is 0 Å². The summed E-state index contributed by atoms with van der Waals surface area (Å²) >= 11 is 0. The predicted molar refractivity (Wildman–Crippen MR) is 76.9 cm³/mol. The molecule has 1 heterocycles. The number of nitrogens with zero attached hydrogens (tertiary/aromatic N) is 2. The fraction of sp³-hybridized carbons (Fsp3) is 0.562. The minimum atomic E-state index is -0.256. The summed E-state index contributed by atoms with van der Waals surface area (Å²) in [5.41, 5.74) is 2.16. The minimum Gasteiger partial charge on any atom is -0.392 e. The molecule has 19 heavy (non-hydrogen) atoms. The Bertz CT molecular complexity index is 575. The molecule has 0 bridgehead atoms. The first kappa shape index (κ1) is 12.7. The van der Waals surface area contributed by atoms with Crippen LogP contribution >= 0.6 is 0 Å². The Kier molecular flexibility index (Phi) is 3.31. The Labute approximate surface area is 114 Å². The van der Waals surface area contributed by atoms with Crippen LogP contribution in [0, 0.1) is 11.8 Å². The van der Waals surface area contributed by atoms with Gasteiger partial charge in [0.05, 0.1) is 17.1 Å². The standard InChI is InChI=1S/C16H22N2O/c1-11-6-5-7-12(11)15(19)10-16-17-13-8-3-4-9-14(13)18(16)2/h3-4,8-9,11-12,15,19H,5-7,10H2,1-2H3. The SMILES string of the molecule is CC1CCCC1C(O)Cc1nc2ccccc2n1C. The van der Waals surface area contributed by atoms with Gasteiger partial charge in [0.2, 0.25) is 0 Å². The number of aliphatic hydroxyl groups excluding tert-OH is 1. The van der Waals surface area contributed by atoms with Crippen molar-refractivity contribution in [3.05, 3.63) is 30.1 Å². The number of rotatable bonds is 3. The maximum atomic E-state index is 10.5. The Morgan fingerprint density at radius 2 is 2.16 bits per heavy atom. The molecule has 1 aromatic carbocycles. The zero-order valence-corrected chi connectivity index (χ0v) is 11.7. The van der Waals surface area contributed by atoms with Crippen molar-refractivity contribution in [1.29, 1.82) is 0 Å². The number of hydrogen-bond acceptors (Lipinski definition) is 2. The van der Waals surface area contributed by atoms with Gasteiger partial charge in [0, 0.05) is 13.5 Å². The number of para-hydroxylation sites is 2. The first-order valence-electron chi connectivity index (χ1n) is 7.25. The molecule has 102 valence electrons. The van der Waals surface area contributed by atoms with Crippen LogP contribution in [0.15, 0.2) is 24.3 Å². The second-order valence-electron chi connectivity index (χ2n) is 5.92. The number of imidazole rings is 1. The fourth-order valence-electron chi connectivity index (χ4n) is 3.46. The number of aromatic nitrogens is 2. The Morgan fingerprint density at radius 3 is 2.84 bits per heavy atom. The zero-order valence-electron chi connectivity index (χ0n) is 11.7. The van der Waals surface area contributed by atoms with Gasteiger partial charge in [-0.2, -0.15) is 0 Å². The second kappa shape index (κ2) is 4.97. The Hall–Kier alpha value is -1.35. The van der Waals surface area contributed by atoms with Gasteiger partial charge in [-0.15, -0.1) is 0 Å². The summed E-state index contributed by atoms with van der Waals surface area (Å²) in [4.78, 5) is 4.65. The number of aryl methyl sites for hydroxylation is 1. The van der Waals surface area contributed by atoms with E-state index in [9.17, 15) is 5.11 Å². The maximum absolute atomic E-state index is 10.5. The quantitative estimate of drug-likeness (QED) is 0.919. The molecule has 0 radical (unpaired) electrons. The smallest absolute Gasteiger partial charge is 0.112 e. The van der Waals surface area contributed by atoms with Crippen molar-refractivity contribution in [2.75, 3.05) is 0 Å². The van der Waals surface area contributed by atoms with Crippen molar-refractivity contribution in [1.82, 2.24) is 9.55 Å². The van der Waals surface area contributed by atoms with Crippen LogP contribution in [0.2, 0.25) is 0 Å². The Morgan fingerprint density at radius 1 is 1.37 bits per heavy atom. The topological polar surface area (TPSA) is 38.1 Å². The van der Waals surface area contributed by atoms with Crippen LogP contribution in [0.3, 0.4) is 0 Å². The molecule has 0 saturated heterocycles. The van der Waals surface area contributed by atoms with Crippen molar-refractivity contribution < 1.29 is 5.11 Å². The normalized spacial score (nSPS) is 25.0. The highest BCUT2D eigenvalue weighted by Gasteiger charge is 2.30. The van der Waals surface area contributed by atoms with E-state index in [0.717, 1.165) is 23.3 Å². The van der Waals surface area contributed by atoms with Crippen LogP contribution in [0.4, 0.5) is 0 Å². The summed E-state index contributed by atoms with van der Waals surface area (Å²) in [7, 11) is 2.04. The number of hydrogen-bond donors (Lipinski definition) is 1. The third-order valence-corrected chi connectivity index (χ3v) is 4.69. The molecule has 0 spiro atoms. The van der Waals surface area contributed by atoms with Crippen molar-refractivity contribution in [2.45, 2.75) is 38.7 Å². The van der Waals surface area contributed by atoms with E-state index in [1.165, 1.54) is 12.8 Å². The highest BCUT2D eigenvalue weighted by atomic mass is 16.3. The van der Waals surface area contributed by atoms with Gasteiger partial charge in [-0.25, -0.2) is 4.98 Å². The third kappa shape index (κ3) is 2.27. The predicted octanol–water partition coefficient (Wildman–Crippen LogP) is 2.91. The molecule has 1 aliphatic carbocycles. The van der Waals surface area contributed by atoms with Gasteiger partial charge in [-0.05, 0) is 30.4 Å². The maximum Gasteiger partial charge on any atom is 0.112 e. The molecule has 1 aliphatic rings. The molecule has 1 fully saturated rings. The number of benzene rings is 1. The molecule has 3 nitrogen and oxygen atoms in total. The first-order valence-corrected chi connectivity index (χ1v) is 7.25. The molecule has 1 N–H and O–H groups in total. The van der Waals surface area contributed by atoms with Crippen molar-refractivity contribution in [3.8, 4) is 0 Å². The van der Waals surface area contributed by atoms with Gasteiger partial charge in [-0.1, -0.05) is 31.9 Å². The van der Waals surface area contributed by atoms with E-state index in [4.69, 9.17) is 0 Å². The summed E-state index contributed by atoms with van der Waals surface area (Å²) < 4.78 is 2.11. The van der Waals surface area contributed by atoms with E-state index in [0.29, 0.717) is 18.3 Å². The monoisotopic (exact) mass is 258 g/mol. The molecular formula is C16H22N2O.